The molecule has 6 heteroatoms. The molecule has 0 radical (unpaired) electrons. The van der Waals surface area contributed by atoms with E-state index in [2.05, 4.69) is 17.4 Å². The van der Waals surface area contributed by atoms with Crippen LogP contribution < -0.4 is 11.1 Å². The lowest BCUT2D eigenvalue weighted by atomic mass is 9.80. The highest BCUT2D eigenvalue weighted by atomic mass is 35.5. The van der Waals surface area contributed by atoms with E-state index >= 15 is 0 Å². The van der Waals surface area contributed by atoms with Crippen molar-refractivity contribution in [2.45, 2.75) is 58.0 Å². The zero-order valence-electron chi connectivity index (χ0n) is 12.1. The molecule has 3 atom stereocenters. The van der Waals surface area contributed by atoms with Crippen molar-refractivity contribution in [3.05, 3.63) is 17.5 Å². The number of hydrogen-bond acceptors (Lipinski definition) is 4. The quantitative estimate of drug-likeness (QED) is 0.894. The predicted octanol–water partition coefficient (Wildman–Crippen LogP) is 2.29. The van der Waals surface area contributed by atoms with Crippen molar-refractivity contribution >= 4 is 18.3 Å². The highest BCUT2D eigenvalue weighted by molar-refractivity contribution is 5.92. The van der Waals surface area contributed by atoms with Gasteiger partial charge in [0, 0.05) is 24.6 Å². The third-order valence-corrected chi connectivity index (χ3v) is 4.00. The van der Waals surface area contributed by atoms with Gasteiger partial charge in [-0.2, -0.15) is 0 Å². The molecule has 2 rings (SSSR count). The highest BCUT2D eigenvalue weighted by Gasteiger charge is 2.29. The molecule has 1 aliphatic carbocycles. The van der Waals surface area contributed by atoms with E-state index in [1.54, 1.807) is 6.07 Å². The van der Waals surface area contributed by atoms with Crippen LogP contribution in [0.15, 0.2) is 10.6 Å². The molecule has 0 aliphatic heterocycles. The van der Waals surface area contributed by atoms with Gasteiger partial charge in [0.05, 0.1) is 0 Å². The van der Waals surface area contributed by atoms with Gasteiger partial charge in [-0.05, 0) is 25.2 Å². The summed E-state index contributed by atoms with van der Waals surface area (Å²) in [5.41, 5.74) is 6.36. The number of nitrogens with zero attached hydrogens (tertiary/aromatic N) is 1. The van der Waals surface area contributed by atoms with E-state index in [9.17, 15) is 4.79 Å². The molecule has 0 saturated heterocycles. The lowest BCUT2D eigenvalue weighted by Crippen LogP contribution is -2.46. The Morgan fingerprint density at radius 1 is 1.50 bits per heavy atom. The molecule has 1 aromatic rings. The molecule has 0 spiro atoms. The molecule has 1 saturated carbocycles. The molecule has 5 nitrogen and oxygen atoms in total. The van der Waals surface area contributed by atoms with Crippen molar-refractivity contribution in [3.8, 4) is 0 Å². The third-order valence-electron chi connectivity index (χ3n) is 4.00. The molecule has 114 valence electrons. The lowest BCUT2D eigenvalue weighted by molar-refractivity contribution is 0.0890. The normalized spacial score (nSPS) is 25.9. The Bertz CT molecular complexity index is 436. The fraction of sp³-hybridized carbons (Fsp3) is 0.714. The van der Waals surface area contributed by atoms with Crippen LogP contribution in [0.5, 0.6) is 0 Å². The first-order valence-electron chi connectivity index (χ1n) is 7.16. The number of aromatic nitrogens is 1. The topological polar surface area (TPSA) is 81.2 Å². The second kappa shape index (κ2) is 7.64. The molecule has 1 aromatic heterocycles. The number of carbonyl (C=O) groups is 1. The highest BCUT2D eigenvalue weighted by Crippen LogP contribution is 2.26. The summed E-state index contributed by atoms with van der Waals surface area (Å²) >= 11 is 0. The average Bonchev–Trinajstić information content (AvgIpc) is 2.89. The van der Waals surface area contributed by atoms with Crippen molar-refractivity contribution in [1.82, 2.24) is 10.5 Å². The smallest absolute Gasteiger partial charge is 0.273 e. The molecule has 1 fully saturated rings. The van der Waals surface area contributed by atoms with E-state index in [1.807, 2.05) is 6.92 Å². The molecule has 3 N–H and O–H groups in total. The summed E-state index contributed by atoms with van der Waals surface area (Å²) in [6.45, 7) is 4.12. The SMILES string of the molecule is CCc1cc(C(=O)N[C@H]2CC[C@H](N)C[C@H]2CC)no1.Cl. The molecule has 1 amide bonds. The van der Waals surface area contributed by atoms with Gasteiger partial charge in [0.2, 0.25) is 0 Å². The van der Waals surface area contributed by atoms with Crippen molar-refractivity contribution in [1.29, 1.82) is 0 Å². The van der Waals surface area contributed by atoms with E-state index in [-0.39, 0.29) is 30.4 Å². The molecule has 0 aromatic carbocycles. The Kier molecular flexibility index (Phi) is 6.49. The monoisotopic (exact) mass is 301 g/mol. The number of rotatable bonds is 4. The third kappa shape index (κ3) is 3.96. The van der Waals surface area contributed by atoms with E-state index < -0.39 is 0 Å². The molecular weight excluding hydrogens is 278 g/mol. The maximum absolute atomic E-state index is 12.1. The van der Waals surface area contributed by atoms with Crippen LogP contribution in [0, 0.1) is 5.92 Å². The van der Waals surface area contributed by atoms with E-state index in [4.69, 9.17) is 10.3 Å². The summed E-state index contributed by atoms with van der Waals surface area (Å²) < 4.78 is 5.06. The van der Waals surface area contributed by atoms with Crippen LogP contribution in [0.2, 0.25) is 0 Å². The average molecular weight is 302 g/mol. The summed E-state index contributed by atoms with van der Waals surface area (Å²) in [6.07, 6.45) is 4.69. The first-order valence-corrected chi connectivity index (χ1v) is 7.16. The zero-order chi connectivity index (χ0) is 13.8. The van der Waals surface area contributed by atoms with Gasteiger partial charge in [-0.1, -0.05) is 25.4 Å². The van der Waals surface area contributed by atoms with Crippen LogP contribution in [0.4, 0.5) is 0 Å². The maximum atomic E-state index is 12.1. The second-order valence-corrected chi connectivity index (χ2v) is 5.35. The van der Waals surface area contributed by atoms with Crippen LogP contribution in [0.25, 0.3) is 0 Å². The number of halogens is 1. The maximum Gasteiger partial charge on any atom is 0.273 e. The van der Waals surface area contributed by atoms with Crippen LogP contribution in [0.1, 0.15) is 55.8 Å². The Morgan fingerprint density at radius 3 is 2.85 bits per heavy atom. The van der Waals surface area contributed by atoms with Crippen LogP contribution in [0.3, 0.4) is 0 Å². The Balaban J connectivity index is 0.00000200. The molecule has 20 heavy (non-hydrogen) atoms. The predicted molar refractivity (Wildman–Crippen MR) is 80.0 cm³/mol. The minimum Gasteiger partial charge on any atom is -0.361 e. The number of carbonyl (C=O) groups excluding carboxylic acids is 1. The number of nitrogens with two attached hydrogens (primary N) is 1. The summed E-state index contributed by atoms with van der Waals surface area (Å²) in [7, 11) is 0. The van der Waals surface area contributed by atoms with Crippen molar-refractivity contribution in [2.75, 3.05) is 0 Å². The standard InChI is InChI=1S/C14H23N3O2.ClH/c1-3-9-7-10(15)5-6-12(9)16-14(18)13-8-11(4-2)19-17-13;/h8-10,12H,3-7,15H2,1-2H3,(H,16,18);1H/t9-,10+,12+;/m1./s1. The van der Waals surface area contributed by atoms with Gasteiger partial charge in [-0.3, -0.25) is 4.79 Å². The Hall–Kier alpha value is -1.07. The molecule has 0 unspecified atom stereocenters. The Labute approximate surface area is 126 Å². The summed E-state index contributed by atoms with van der Waals surface area (Å²) in [5.74, 6) is 1.07. The first-order chi connectivity index (χ1) is 9.13. The summed E-state index contributed by atoms with van der Waals surface area (Å²) in [5, 5.41) is 6.88. The molecule has 1 heterocycles. The van der Waals surface area contributed by atoms with Gasteiger partial charge in [0.1, 0.15) is 5.76 Å². The van der Waals surface area contributed by atoms with E-state index in [1.165, 1.54) is 0 Å². The van der Waals surface area contributed by atoms with Crippen molar-refractivity contribution < 1.29 is 9.32 Å². The van der Waals surface area contributed by atoms with E-state index in [0.717, 1.165) is 37.9 Å². The fourth-order valence-electron chi connectivity index (χ4n) is 2.77. The first kappa shape index (κ1) is 17.0. The Morgan fingerprint density at radius 2 is 2.25 bits per heavy atom. The van der Waals surface area contributed by atoms with Crippen molar-refractivity contribution in [3.63, 3.8) is 0 Å². The largest absolute Gasteiger partial charge is 0.361 e. The molecule has 0 bridgehead atoms. The van der Waals surface area contributed by atoms with Gasteiger partial charge in [-0.25, -0.2) is 0 Å². The van der Waals surface area contributed by atoms with Crippen LogP contribution >= 0.6 is 12.4 Å². The molecule has 1 aliphatic rings. The van der Waals surface area contributed by atoms with Crippen molar-refractivity contribution in [2.24, 2.45) is 11.7 Å². The minimum atomic E-state index is -0.137. The van der Waals surface area contributed by atoms with Gasteiger partial charge in [0.25, 0.3) is 5.91 Å². The lowest BCUT2D eigenvalue weighted by Gasteiger charge is -2.34. The van der Waals surface area contributed by atoms with E-state index in [0.29, 0.717) is 11.6 Å². The number of amides is 1. The summed E-state index contributed by atoms with van der Waals surface area (Å²) in [6, 6.07) is 2.20. The van der Waals surface area contributed by atoms with Gasteiger partial charge in [-0.15, -0.1) is 12.4 Å². The van der Waals surface area contributed by atoms with Gasteiger partial charge >= 0.3 is 0 Å². The fourth-order valence-corrected chi connectivity index (χ4v) is 2.77. The zero-order valence-corrected chi connectivity index (χ0v) is 12.9. The number of hydrogen-bond donors (Lipinski definition) is 2. The summed E-state index contributed by atoms with van der Waals surface area (Å²) in [4.78, 5) is 12.1. The van der Waals surface area contributed by atoms with Gasteiger partial charge in [0.15, 0.2) is 5.69 Å². The van der Waals surface area contributed by atoms with Crippen LogP contribution in [-0.4, -0.2) is 23.1 Å². The number of nitrogens with one attached hydrogen (secondary N) is 1. The number of aryl methyl sites for hydroxylation is 1. The second-order valence-electron chi connectivity index (χ2n) is 5.35. The van der Waals surface area contributed by atoms with Crippen LogP contribution in [-0.2, 0) is 6.42 Å². The van der Waals surface area contributed by atoms with Gasteiger partial charge < -0.3 is 15.6 Å². The molecular formula is C14H24ClN3O2. The minimum absolute atomic E-state index is 0.